The molecule has 0 N–H and O–H groups in total. The average molecular weight is 275 g/mol. The van der Waals surface area contributed by atoms with Crippen LogP contribution in [-0.2, 0) is 0 Å². The van der Waals surface area contributed by atoms with Crippen LogP contribution in [0.15, 0.2) is 12.4 Å². The minimum Gasteiger partial charge on any atom is -0.339 e. The summed E-state index contributed by atoms with van der Waals surface area (Å²) in [6.45, 7) is 5.65. The van der Waals surface area contributed by atoms with Crippen molar-refractivity contribution in [3.8, 4) is 0 Å². The van der Waals surface area contributed by atoms with Gasteiger partial charge in [-0.3, -0.25) is 4.79 Å². The van der Waals surface area contributed by atoms with Gasteiger partial charge in [-0.15, -0.1) is 0 Å². The second-order valence-corrected chi connectivity index (χ2v) is 5.56. The van der Waals surface area contributed by atoms with E-state index >= 15 is 0 Å². The second-order valence-electron chi connectivity index (χ2n) is 5.56. The number of anilines is 1. The Morgan fingerprint density at radius 3 is 2.20 bits per heavy atom. The summed E-state index contributed by atoms with van der Waals surface area (Å²) < 4.78 is 0. The third kappa shape index (κ3) is 2.75. The van der Waals surface area contributed by atoms with Crippen molar-refractivity contribution in [2.24, 2.45) is 0 Å². The lowest BCUT2D eigenvalue weighted by Gasteiger charge is -2.32. The highest BCUT2D eigenvalue weighted by Crippen LogP contribution is 2.14. The zero-order valence-electron chi connectivity index (χ0n) is 12.0. The van der Waals surface area contributed by atoms with Crippen LogP contribution in [0.1, 0.15) is 23.2 Å². The molecule has 1 amide bonds. The van der Waals surface area contributed by atoms with Crippen molar-refractivity contribution in [1.29, 1.82) is 0 Å². The van der Waals surface area contributed by atoms with Gasteiger partial charge in [0.25, 0.3) is 5.91 Å². The van der Waals surface area contributed by atoms with Crippen molar-refractivity contribution in [2.75, 3.05) is 51.2 Å². The molecule has 2 fully saturated rings. The summed E-state index contributed by atoms with van der Waals surface area (Å²) in [6.07, 6.45) is 5.54. The van der Waals surface area contributed by atoms with E-state index in [-0.39, 0.29) is 5.91 Å². The number of carbonyl (C=O) groups is 1. The molecule has 1 aromatic rings. The lowest BCUT2D eigenvalue weighted by Crippen LogP contribution is -2.45. The summed E-state index contributed by atoms with van der Waals surface area (Å²) in [5.41, 5.74) is 0.602. The van der Waals surface area contributed by atoms with E-state index < -0.39 is 0 Å². The van der Waals surface area contributed by atoms with Crippen molar-refractivity contribution in [3.63, 3.8) is 0 Å². The Bertz CT molecular complexity index is 461. The molecule has 0 bridgehead atoms. The molecule has 20 heavy (non-hydrogen) atoms. The molecule has 0 aromatic carbocycles. The Balaban J connectivity index is 1.66. The van der Waals surface area contributed by atoms with E-state index in [1.807, 2.05) is 4.90 Å². The first-order chi connectivity index (χ1) is 9.74. The SMILES string of the molecule is CN1CCN(c2ncc(C(=O)N3CCCC3)cn2)CC1. The molecule has 0 unspecified atom stereocenters. The molecule has 0 atom stereocenters. The number of rotatable bonds is 2. The minimum atomic E-state index is 0.0624. The Kier molecular flexibility index (Phi) is 3.82. The van der Waals surface area contributed by atoms with E-state index in [0.717, 1.165) is 58.1 Å². The van der Waals surface area contributed by atoms with Crippen LogP contribution in [0.2, 0.25) is 0 Å². The molecule has 108 valence electrons. The molecule has 2 saturated heterocycles. The maximum atomic E-state index is 12.2. The van der Waals surface area contributed by atoms with E-state index in [9.17, 15) is 4.79 Å². The molecular formula is C14H21N5O. The van der Waals surface area contributed by atoms with Gasteiger partial charge >= 0.3 is 0 Å². The van der Waals surface area contributed by atoms with E-state index in [0.29, 0.717) is 5.56 Å². The molecule has 0 saturated carbocycles. The summed E-state index contributed by atoms with van der Waals surface area (Å²) in [6, 6.07) is 0. The number of hydrogen-bond donors (Lipinski definition) is 0. The summed E-state index contributed by atoms with van der Waals surface area (Å²) in [5, 5.41) is 0. The first kappa shape index (κ1) is 13.3. The zero-order valence-corrected chi connectivity index (χ0v) is 12.0. The van der Waals surface area contributed by atoms with Crippen LogP contribution < -0.4 is 4.90 Å². The zero-order chi connectivity index (χ0) is 13.9. The highest BCUT2D eigenvalue weighted by atomic mass is 16.2. The van der Waals surface area contributed by atoms with Crippen LogP contribution in [0.3, 0.4) is 0 Å². The summed E-state index contributed by atoms with van der Waals surface area (Å²) >= 11 is 0. The number of piperazine rings is 1. The largest absolute Gasteiger partial charge is 0.339 e. The van der Waals surface area contributed by atoms with Crippen molar-refractivity contribution >= 4 is 11.9 Å². The smallest absolute Gasteiger partial charge is 0.256 e. The first-order valence-electron chi connectivity index (χ1n) is 7.29. The third-order valence-corrected chi connectivity index (χ3v) is 4.06. The van der Waals surface area contributed by atoms with Crippen molar-refractivity contribution in [2.45, 2.75) is 12.8 Å². The van der Waals surface area contributed by atoms with E-state index in [2.05, 4.69) is 26.8 Å². The minimum absolute atomic E-state index is 0.0624. The standard InChI is InChI=1S/C14H21N5O/c1-17-6-8-19(9-7-17)14-15-10-12(11-16-14)13(20)18-4-2-3-5-18/h10-11H,2-9H2,1H3. The lowest BCUT2D eigenvalue weighted by atomic mass is 10.3. The van der Waals surface area contributed by atoms with Gasteiger partial charge in [0, 0.05) is 51.7 Å². The van der Waals surface area contributed by atoms with Crippen LogP contribution in [0.4, 0.5) is 5.95 Å². The Morgan fingerprint density at radius 2 is 1.60 bits per heavy atom. The number of likely N-dealkylation sites (tertiary alicyclic amines) is 1. The number of nitrogens with zero attached hydrogens (tertiary/aromatic N) is 5. The predicted octanol–water partition coefficient (Wildman–Crippen LogP) is 0.464. The van der Waals surface area contributed by atoms with Gasteiger partial charge in [-0.25, -0.2) is 9.97 Å². The maximum Gasteiger partial charge on any atom is 0.256 e. The van der Waals surface area contributed by atoms with E-state index in [1.165, 1.54) is 0 Å². The van der Waals surface area contributed by atoms with Crippen LogP contribution in [0.5, 0.6) is 0 Å². The van der Waals surface area contributed by atoms with Gasteiger partial charge in [0.05, 0.1) is 5.56 Å². The summed E-state index contributed by atoms with van der Waals surface area (Å²) in [4.78, 5) is 27.3. The Morgan fingerprint density at radius 1 is 1.00 bits per heavy atom. The van der Waals surface area contributed by atoms with Gasteiger partial charge < -0.3 is 14.7 Å². The quantitative estimate of drug-likeness (QED) is 0.785. The summed E-state index contributed by atoms with van der Waals surface area (Å²) in [7, 11) is 2.12. The fraction of sp³-hybridized carbons (Fsp3) is 0.643. The first-order valence-corrected chi connectivity index (χ1v) is 7.29. The molecule has 0 aliphatic carbocycles. The number of hydrogen-bond acceptors (Lipinski definition) is 5. The van der Waals surface area contributed by atoms with Crippen LogP contribution >= 0.6 is 0 Å². The van der Waals surface area contributed by atoms with Gasteiger partial charge in [-0.05, 0) is 19.9 Å². The highest BCUT2D eigenvalue weighted by Gasteiger charge is 2.21. The fourth-order valence-electron chi connectivity index (χ4n) is 2.70. The molecule has 3 heterocycles. The molecule has 1 aromatic heterocycles. The van der Waals surface area contributed by atoms with Gasteiger partial charge in [-0.2, -0.15) is 0 Å². The molecular weight excluding hydrogens is 254 g/mol. The number of aromatic nitrogens is 2. The van der Waals surface area contributed by atoms with Crippen LogP contribution in [-0.4, -0.2) is 72.0 Å². The van der Waals surface area contributed by atoms with E-state index in [4.69, 9.17) is 0 Å². The van der Waals surface area contributed by atoms with Crippen molar-refractivity contribution < 1.29 is 4.79 Å². The van der Waals surface area contributed by atoms with Gasteiger partial charge in [-0.1, -0.05) is 0 Å². The Hall–Kier alpha value is -1.69. The van der Waals surface area contributed by atoms with Crippen molar-refractivity contribution in [1.82, 2.24) is 19.8 Å². The number of carbonyl (C=O) groups excluding carboxylic acids is 1. The maximum absolute atomic E-state index is 12.2. The van der Waals surface area contributed by atoms with E-state index in [1.54, 1.807) is 12.4 Å². The highest BCUT2D eigenvalue weighted by molar-refractivity contribution is 5.93. The van der Waals surface area contributed by atoms with Gasteiger partial charge in [0.15, 0.2) is 0 Å². The molecule has 0 spiro atoms. The Labute approximate surface area is 119 Å². The molecule has 2 aliphatic rings. The lowest BCUT2D eigenvalue weighted by molar-refractivity contribution is 0.0792. The van der Waals surface area contributed by atoms with Gasteiger partial charge in [0.2, 0.25) is 5.95 Å². The third-order valence-electron chi connectivity index (χ3n) is 4.06. The predicted molar refractivity (Wildman–Crippen MR) is 76.9 cm³/mol. The average Bonchev–Trinajstić information content (AvgIpc) is 3.02. The number of likely N-dealkylation sites (N-methyl/N-ethyl adjacent to an activating group) is 1. The van der Waals surface area contributed by atoms with Crippen LogP contribution in [0.25, 0.3) is 0 Å². The van der Waals surface area contributed by atoms with Gasteiger partial charge in [0.1, 0.15) is 0 Å². The second kappa shape index (κ2) is 5.75. The van der Waals surface area contributed by atoms with Crippen molar-refractivity contribution in [3.05, 3.63) is 18.0 Å². The topological polar surface area (TPSA) is 52.6 Å². The number of amides is 1. The monoisotopic (exact) mass is 275 g/mol. The molecule has 3 rings (SSSR count). The molecule has 6 heteroatoms. The normalized spacial score (nSPS) is 20.4. The molecule has 6 nitrogen and oxygen atoms in total. The van der Waals surface area contributed by atoms with Crippen LogP contribution in [0, 0.1) is 0 Å². The fourth-order valence-corrected chi connectivity index (χ4v) is 2.70. The molecule has 0 radical (unpaired) electrons. The molecule has 2 aliphatic heterocycles. The summed E-state index contributed by atoms with van der Waals surface area (Å²) in [5.74, 6) is 0.795.